The van der Waals surface area contributed by atoms with Gasteiger partial charge in [-0.15, -0.1) is 0 Å². The minimum atomic E-state index is -0.273. The van der Waals surface area contributed by atoms with Gasteiger partial charge < -0.3 is 9.47 Å². The lowest BCUT2D eigenvalue weighted by Gasteiger charge is -2.07. The van der Waals surface area contributed by atoms with E-state index in [9.17, 15) is 4.79 Å². The van der Waals surface area contributed by atoms with Crippen LogP contribution in [0.25, 0.3) is 11.3 Å². The number of hydrogen-bond donors (Lipinski definition) is 2. The molecule has 0 radical (unpaired) electrons. The molecular weight excluding hydrogens is 356 g/mol. The van der Waals surface area contributed by atoms with Gasteiger partial charge in [-0.25, -0.2) is 10.4 Å². The van der Waals surface area contributed by atoms with E-state index in [2.05, 4.69) is 27.4 Å². The molecule has 7 nitrogen and oxygen atoms in total. The molecule has 2 aromatic carbocycles. The molecule has 7 heteroatoms. The lowest BCUT2D eigenvalue weighted by atomic mass is 10.1. The normalized spacial score (nSPS) is 10.8. The second kappa shape index (κ2) is 9.36. The largest absolute Gasteiger partial charge is 0.497 e. The van der Waals surface area contributed by atoms with Gasteiger partial charge in [0.25, 0.3) is 5.56 Å². The summed E-state index contributed by atoms with van der Waals surface area (Å²) in [6.07, 6.45) is 2.55. The Morgan fingerprint density at radius 3 is 2.71 bits per heavy atom. The van der Waals surface area contributed by atoms with Gasteiger partial charge in [0.05, 0.1) is 25.6 Å². The SMILES string of the molecule is CCCOc1ccccc1/C=N\Nc1nc(-c2ccc(OC)cc2)cc(=O)[nH]1. The van der Waals surface area contributed by atoms with Crippen LogP contribution in [0.15, 0.2) is 64.5 Å². The van der Waals surface area contributed by atoms with E-state index in [1.54, 1.807) is 13.3 Å². The van der Waals surface area contributed by atoms with E-state index in [1.165, 1.54) is 6.07 Å². The maximum Gasteiger partial charge on any atom is 0.252 e. The lowest BCUT2D eigenvalue weighted by Crippen LogP contribution is -2.10. The third kappa shape index (κ3) is 4.97. The Kier molecular flexibility index (Phi) is 6.41. The average Bonchev–Trinajstić information content (AvgIpc) is 2.73. The van der Waals surface area contributed by atoms with Gasteiger partial charge in [0.2, 0.25) is 5.95 Å². The molecule has 0 saturated carbocycles. The van der Waals surface area contributed by atoms with Crippen molar-refractivity contribution in [1.29, 1.82) is 0 Å². The number of H-pyrrole nitrogens is 1. The van der Waals surface area contributed by atoms with Gasteiger partial charge in [-0.3, -0.25) is 9.78 Å². The molecule has 0 aliphatic rings. The number of para-hydroxylation sites is 1. The van der Waals surface area contributed by atoms with Crippen molar-refractivity contribution in [2.75, 3.05) is 19.1 Å². The maximum absolute atomic E-state index is 12.0. The predicted molar refractivity (Wildman–Crippen MR) is 110 cm³/mol. The maximum atomic E-state index is 12.0. The Balaban J connectivity index is 1.77. The lowest BCUT2D eigenvalue weighted by molar-refractivity contribution is 0.317. The van der Waals surface area contributed by atoms with Gasteiger partial charge in [-0.05, 0) is 42.8 Å². The first-order valence-corrected chi connectivity index (χ1v) is 8.96. The Labute approximate surface area is 163 Å². The van der Waals surface area contributed by atoms with E-state index in [4.69, 9.17) is 9.47 Å². The highest BCUT2D eigenvalue weighted by molar-refractivity contribution is 5.83. The van der Waals surface area contributed by atoms with Gasteiger partial charge >= 0.3 is 0 Å². The van der Waals surface area contributed by atoms with Crippen LogP contribution >= 0.6 is 0 Å². The number of ether oxygens (including phenoxy) is 2. The number of hydrazone groups is 1. The zero-order valence-electron chi connectivity index (χ0n) is 15.8. The van der Waals surface area contributed by atoms with E-state index < -0.39 is 0 Å². The number of methoxy groups -OCH3 is 1. The predicted octanol–water partition coefficient (Wildman–Crippen LogP) is 3.68. The van der Waals surface area contributed by atoms with Crippen LogP contribution in [0.3, 0.4) is 0 Å². The van der Waals surface area contributed by atoms with Crippen LogP contribution in [0.5, 0.6) is 11.5 Å². The molecule has 0 bridgehead atoms. The van der Waals surface area contributed by atoms with Gasteiger partial charge in [0, 0.05) is 17.2 Å². The number of anilines is 1. The number of rotatable bonds is 8. The molecule has 0 aliphatic carbocycles. The van der Waals surface area contributed by atoms with Gasteiger partial charge in [-0.1, -0.05) is 19.1 Å². The summed E-state index contributed by atoms with van der Waals surface area (Å²) in [5.41, 5.74) is 4.67. The molecule has 28 heavy (non-hydrogen) atoms. The van der Waals surface area contributed by atoms with E-state index >= 15 is 0 Å². The molecule has 0 unspecified atom stereocenters. The van der Waals surface area contributed by atoms with Crippen molar-refractivity contribution >= 4 is 12.2 Å². The zero-order valence-corrected chi connectivity index (χ0v) is 15.8. The molecule has 0 amide bonds. The molecule has 0 fully saturated rings. The van der Waals surface area contributed by atoms with Crippen LogP contribution in [0.4, 0.5) is 5.95 Å². The fourth-order valence-corrected chi connectivity index (χ4v) is 2.51. The highest BCUT2D eigenvalue weighted by Crippen LogP contribution is 2.20. The molecule has 144 valence electrons. The van der Waals surface area contributed by atoms with Crippen LogP contribution < -0.4 is 20.5 Å². The monoisotopic (exact) mass is 378 g/mol. The highest BCUT2D eigenvalue weighted by atomic mass is 16.5. The molecular formula is C21H22N4O3. The summed E-state index contributed by atoms with van der Waals surface area (Å²) in [5, 5.41) is 4.18. The Morgan fingerprint density at radius 2 is 1.96 bits per heavy atom. The summed E-state index contributed by atoms with van der Waals surface area (Å²) >= 11 is 0. The molecule has 0 atom stereocenters. The number of benzene rings is 2. The molecule has 0 spiro atoms. The molecule has 3 rings (SSSR count). The number of nitrogens with one attached hydrogen (secondary N) is 2. The molecule has 3 aromatic rings. The quantitative estimate of drug-likeness (QED) is 0.461. The molecule has 2 N–H and O–H groups in total. The van der Waals surface area contributed by atoms with Crippen molar-refractivity contribution in [3.05, 3.63) is 70.5 Å². The summed E-state index contributed by atoms with van der Waals surface area (Å²) < 4.78 is 10.9. The Hall–Kier alpha value is -3.61. The molecule has 1 aromatic heterocycles. The van der Waals surface area contributed by atoms with E-state index in [0.29, 0.717) is 12.3 Å². The van der Waals surface area contributed by atoms with Gasteiger partial charge in [0.1, 0.15) is 11.5 Å². The number of hydrogen-bond acceptors (Lipinski definition) is 6. The van der Waals surface area contributed by atoms with Crippen LogP contribution in [0, 0.1) is 0 Å². The van der Waals surface area contributed by atoms with Crippen LogP contribution in [0.2, 0.25) is 0 Å². The molecule has 0 aliphatic heterocycles. The van der Waals surface area contributed by atoms with Gasteiger partial charge in [0.15, 0.2) is 0 Å². The fraction of sp³-hybridized carbons (Fsp3) is 0.190. The second-order valence-electron chi connectivity index (χ2n) is 5.96. The first kappa shape index (κ1) is 19.2. The minimum Gasteiger partial charge on any atom is -0.497 e. The third-order valence-electron chi connectivity index (χ3n) is 3.88. The van der Waals surface area contributed by atoms with E-state index in [0.717, 1.165) is 29.0 Å². The van der Waals surface area contributed by atoms with Crippen LogP contribution in [-0.2, 0) is 0 Å². The Bertz CT molecular complexity index is 997. The van der Waals surface area contributed by atoms with Crippen LogP contribution in [-0.4, -0.2) is 29.9 Å². The standard InChI is InChI=1S/C21H22N4O3/c1-3-12-28-19-7-5-4-6-16(19)14-22-25-21-23-18(13-20(26)24-21)15-8-10-17(27-2)11-9-15/h4-11,13-14H,3,12H2,1-2H3,(H2,23,24,25,26)/b22-14-. The highest BCUT2D eigenvalue weighted by Gasteiger charge is 2.05. The molecule has 0 saturated heterocycles. The number of nitrogens with zero attached hydrogens (tertiary/aromatic N) is 2. The summed E-state index contributed by atoms with van der Waals surface area (Å²) in [6.45, 7) is 2.69. The van der Waals surface area contributed by atoms with E-state index in [1.807, 2.05) is 48.5 Å². The van der Waals surface area contributed by atoms with Crippen molar-refractivity contribution < 1.29 is 9.47 Å². The zero-order chi connectivity index (χ0) is 19.8. The summed E-state index contributed by atoms with van der Waals surface area (Å²) in [4.78, 5) is 19.0. The number of aromatic nitrogens is 2. The fourth-order valence-electron chi connectivity index (χ4n) is 2.51. The van der Waals surface area contributed by atoms with Crippen molar-refractivity contribution in [1.82, 2.24) is 9.97 Å². The van der Waals surface area contributed by atoms with Crippen molar-refractivity contribution in [3.8, 4) is 22.8 Å². The van der Waals surface area contributed by atoms with Gasteiger partial charge in [-0.2, -0.15) is 5.10 Å². The summed E-state index contributed by atoms with van der Waals surface area (Å²) in [7, 11) is 1.60. The number of aromatic amines is 1. The van der Waals surface area contributed by atoms with E-state index in [-0.39, 0.29) is 11.5 Å². The van der Waals surface area contributed by atoms with Crippen molar-refractivity contribution in [2.45, 2.75) is 13.3 Å². The molecule has 1 heterocycles. The average molecular weight is 378 g/mol. The first-order valence-electron chi connectivity index (χ1n) is 8.96. The summed E-state index contributed by atoms with van der Waals surface area (Å²) in [6, 6.07) is 16.4. The summed E-state index contributed by atoms with van der Waals surface area (Å²) in [5.74, 6) is 1.74. The van der Waals surface area contributed by atoms with Crippen LogP contribution in [0.1, 0.15) is 18.9 Å². The van der Waals surface area contributed by atoms with Crippen molar-refractivity contribution in [2.24, 2.45) is 5.10 Å². The van der Waals surface area contributed by atoms with Crippen molar-refractivity contribution in [3.63, 3.8) is 0 Å². The topological polar surface area (TPSA) is 88.6 Å². The Morgan fingerprint density at radius 1 is 1.18 bits per heavy atom. The third-order valence-corrected chi connectivity index (χ3v) is 3.88. The smallest absolute Gasteiger partial charge is 0.252 e. The second-order valence-corrected chi connectivity index (χ2v) is 5.96. The minimum absolute atomic E-state index is 0.251. The first-order chi connectivity index (χ1) is 13.7.